The van der Waals surface area contributed by atoms with Crippen LogP contribution in [-0.2, 0) is 4.74 Å². The van der Waals surface area contributed by atoms with E-state index in [0.29, 0.717) is 17.6 Å². The molecule has 0 unspecified atom stereocenters. The molecule has 0 aromatic carbocycles. The molecule has 0 radical (unpaired) electrons. The summed E-state index contributed by atoms with van der Waals surface area (Å²) in [5.74, 6) is 0.491. The highest BCUT2D eigenvalue weighted by molar-refractivity contribution is 5.74. The summed E-state index contributed by atoms with van der Waals surface area (Å²) in [4.78, 5) is 13.0. The van der Waals surface area contributed by atoms with Gasteiger partial charge < -0.3 is 20.1 Å². The molecule has 1 aliphatic heterocycles. The van der Waals surface area contributed by atoms with Crippen LogP contribution in [0.4, 0.5) is 0 Å². The molecule has 1 saturated carbocycles. The molecule has 1 saturated heterocycles. The lowest BCUT2D eigenvalue weighted by Crippen LogP contribution is -2.24. The summed E-state index contributed by atoms with van der Waals surface area (Å²) in [6.07, 6.45) is 2.77. The van der Waals surface area contributed by atoms with Gasteiger partial charge in [-0.25, -0.2) is 15.0 Å². The van der Waals surface area contributed by atoms with E-state index in [2.05, 4.69) is 15.0 Å². The first kappa shape index (κ1) is 14.0. The van der Waals surface area contributed by atoms with Gasteiger partial charge in [0.15, 0.2) is 5.65 Å². The lowest BCUT2D eigenvalue weighted by Gasteiger charge is -2.13. The van der Waals surface area contributed by atoms with Crippen molar-refractivity contribution < 1.29 is 20.1 Å². The van der Waals surface area contributed by atoms with Crippen molar-refractivity contribution >= 4 is 11.2 Å². The minimum absolute atomic E-state index is 0.160. The number of ether oxygens (including phenoxy) is 1. The van der Waals surface area contributed by atoms with Gasteiger partial charge in [-0.2, -0.15) is 0 Å². The number of fused-ring (bicyclic) bond motifs is 1. The van der Waals surface area contributed by atoms with Crippen LogP contribution in [0.3, 0.4) is 0 Å². The Morgan fingerprint density at radius 3 is 2.73 bits per heavy atom. The van der Waals surface area contributed by atoms with Crippen molar-refractivity contribution in [2.75, 3.05) is 13.2 Å². The number of nitrogens with zero attached hydrogens (tertiary/aromatic N) is 4. The molecular weight excluding hydrogens is 288 g/mol. The van der Waals surface area contributed by atoms with Crippen molar-refractivity contribution in [3.05, 3.63) is 18.3 Å². The Morgan fingerprint density at radius 2 is 2.05 bits per heavy atom. The van der Waals surface area contributed by atoms with Crippen LogP contribution in [0.25, 0.3) is 11.2 Å². The molecule has 118 valence electrons. The van der Waals surface area contributed by atoms with Crippen LogP contribution in [0.2, 0.25) is 0 Å². The fourth-order valence-corrected chi connectivity index (χ4v) is 3.19. The van der Waals surface area contributed by atoms with E-state index in [1.807, 2.05) is 0 Å². The molecule has 2 aliphatic rings. The summed E-state index contributed by atoms with van der Waals surface area (Å²) < 4.78 is 7.43. The minimum Gasteiger partial charge on any atom is -0.396 e. The van der Waals surface area contributed by atoms with Crippen LogP contribution in [0, 0.1) is 5.92 Å². The van der Waals surface area contributed by atoms with E-state index in [1.54, 1.807) is 10.9 Å². The van der Waals surface area contributed by atoms with Crippen LogP contribution in [-0.4, -0.2) is 60.3 Å². The molecule has 2 aromatic heterocycles. The Bertz CT molecular complexity index is 691. The van der Waals surface area contributed by atoms with Crippen LogP contribution in [0.15, 0.2) is 12.7 Å². The van der Waals surface area contributed by atoms with Crippen molar-refractivity contribution in [3.8, 4) is 0 Å². The predicted molar refractivity (Wildman–Crippen MR) is 74.9 cm³/mol. The van der Waals surface area contributed by atoms with Crippen molar-refractivity contribution in [2.45, 2.75) is 37.2 Å². The van der Waals surface area contributed by atoms with Crippen LogP contribution >= 0.6 is 0 Å². The molecule has 0 amide bonds. The Balaban J connectivity index is 1.68. The van der Waals surface area contributed by atoms with E-state index < -0.39 is 18.4 Å². The summed E-state index contributed by atoms with van der Waals surface area (Å²) in [5, 5.41) is 28.3. The fourth-order valence-electron chi connectivity index (χ4n) is 3.19. The van der Waals surface area contributed by atoms with E-state index in [9.17, 15) is 15.3 Å². The van der Waals surface area contributed by atoms with Gasteiger partial charge in [0, 0.05) is 18.9 Å². The fraction of sp³-hybridized carbons (Fsp3) is 0.643. The first-order chi connectivity index (χ1) is 10.7. The molecule has 3 heterocycles. The summed E-state index contributed by atoms with van der Waals surface area (Å²) in [7, 11) is 0. The molecule has 4 rings (SSSR count). The largest absolute Gasteiger partial charge is 0.396 e. The van der Waals surface area contributed by atoms with Gasteiger partial charge in [-0.1, -0.05) is 0 Å². The standard InChI is InChI=1S/C14H18N4O4/c19-3-7-1-8(7)12-13-14(16-5-15-12)18(6-17-13)11-2-9(21)10(4-20)22-11/h5-11,19-21H,1-4H2/t7-,8+,9+,10-,11-/m1/s1. The average Bonchev–Trinajstić information content (AvgIpc) is 3.04. The van der Waals surface area contributed by atoms with Gasteiger partial charge in [-0.3, -0.25) is 4.57 Å². The Morgan fingerprint density at radius 1 is 1.18 bits per heavy atom. The van der Waals surface area contributed by atoms with Crippen LogP contribution in [0.1, 0.15) is 30.7 Å². The lowest BCUT2D eigenvalue weighted by molar-refractivity contribution is -0.0432. The van der Waals surface area contributed by atoms with Crippen LogP contribution < -0.4 is 0 Å². The van der Waals surface area contributed by atoms with Gasteiger partial charge in [0.25, 0.3) is 0 Å². The first-order valence-corrected chi connectivity index (χ1v) is 7.45. The average molecular weight is 306 g/mol. The highest BCUT2D eigenvalue weighted by Gasteiger charge is 2.41. The topological polar surface area (TPSA) is 114 Å². The number of rotatable bonds is 4. The third-order valence-corrected chi connectivity index (χ3v) is 4.59. The van der Waals surface area contributed by atoms with Gasteiger partial charge >= 0.3 is 0 Å². The quantitative estimate of drug-likeness (QED) is 0.702. The van der Waals surface area contributed by atoms with Crippen molar-refractivity contribution in [2.24, 2.45) is 5.92 Å². The van der Waals surface area contributed by atoms with Crippen molar-refractivity contribution in [1.82, 2.24) is 19.5 Å². The highest BCUT2D eigenvalue weighted by atomic mass is 16.5. The molecule has 0 bridgehead atoms. The van der Waals surface area contributed by atoms with Crippen molar-refractivity contribution in [3.63, 3.8) is 0 Å². The zero-order valence-corrected chi connectivity index (χ0v) is 11.9. The molecule has 8 heteroatoms. The predicted octanol–water partition coefficient (Wildman–Crippen LogP) is -0.437. The minimum atomic E-state index is -0.698. The Hall–Kier alpha value is -1.61. The van der Waals surface area contributed by atoms with Gasteiger partial charge in [-0.15, -0.1) is 0 Å². The maximum atomic E-state index is 9.87. The number of hydrogen-bond donors (Lipinski definition) is 3. The molecule has 8 nitrogen and oxygen atoms in total. The monoisotopic (exact) mass is 306 g/mol. The Labute approximate surface area is 126 Å². The van der Waals surface area contributed by atoms with Gasteiger partial charge in [-0.05, 0) is 12.3 Å². The SMILES string of the molecule is OC[C@H]1C[C@@H]1c1ncnc2c1ncn2[C@H]1C[C@H](O)[C@@H](CO)O1. The van der Waals surface area contributed by atoms with E-state index in [4.69, 9.17) is 4.74 Å². The maximum absolute atomic E-state index is 9.87. The highest BCUT2D eigenvalue weighted by Crippen LogP contribution is 2.47. The summed E-state index contributed by atoms with van der Waals surface area (Å²) in [6.45, 7) is -0.0578. The zero-order valence-electron chi connectivity index (χ0n) is 11.9. The second-order valence-corrected chi connectivity index (χ2v) is 5.98. The number of aliphatic hydroxyl groups is 3. The van der Waals surface area contributed by atoms with Gasteiger partial charge in [0.2, 0.25) is 0 Å². The molecular formula is C14H18N4O4. The molecule has 0 spiro atoms. The van der Waals surface area contributed by atoms with E-state index in [-0.39, 0.29) is 25.0 Å². The summed E-state index contributed by atoms with van der Waals surface area (Å²) in [6, 6.07) is 0. The van der Waals surface area contributed by atoms with Gasteiger partial charge in [0.05, 0.1) is 24.7 Å². The summed E-state index contributed by atoms with van der Waals surface area (Å²) in [5.41, 5.74) is 2.23. The third kappa shape index (κ3) is 2.11. The maximum Gasteiger partial charge on any atom is 0.165 e. The van der Waals surface area contributed by atoms with Crippen molar-refractivity contribution in [1.29, 1.82) is 0 Å². The number of imidazole rings is 1. The second-order valence-electron chi connectivity index (χ2n) is 5.98. The molecule has 2 aromatic rings. The smallest absolute Gasteiger partial charge is 0.165 e. The van der Waals surface area contributed by atoms with E-state index >= 15 is 0 Å². The Kier molecular flexibility index (Phi) is 3.33. The summed E-state index contributed by atoms with van der Waals surface area (Å²) >= 11 is 0. The number of aliphatic hydroxyl groups excluding tert-OH is 3. The number of aromatic nitrogens is 4. The molecule has 22 heavy (non-hydrogen) atoms. The molecule has 3 N–H and O–H groups in total. The molecule has 1 aliphatic carbocycles. The lowest BCUT2D eigenvalue weighted by atomic mass is 10.2. The molecule has 5 atom stereocenters. The van der Waals surface area contributed by atoms with E-state index in [0.717, 1.165) is 12.1 Å². The first-order valence-electron chi connectivity index (χ1n) is 7.45. The normalized spacial score (nSPS) is 34.4. The zero-order chi connectivity index (χ0) is 15.3. The van der Waals surface area contributed by atoms with Gasteiger partial charge in [0.1, 0.15) is 24.2 Å². The number of hydrogen-bond acceptors (Lipinski definition) is 7. The van der Waals surface area contributed by atoms with Crippen LogP contribution in [0.5, 0.6) is 0 Å². The second kappa shape index (κ2) is 5.24. The molecule has 2 fully saturated rings. The third-order valence-electron chi connectivity index (χ3n) is 4.59. The van der Waals surface area contributed by atoms with E-state index in [1.165, 1.54) is 6.33 Å².